The van der Waals surface area contributed by atoms with Gasteiger partial charge in [-0.3, -0.25) is 19.7 Å². The smallest absolute Gasteiger partial charge is 0.274 e. The molecule has 0 bridgehead atoms. The van der Waals surface area contributed by atoms with Gasteiger partial charge in [-0.05, 0) is 23.8 Å². The van der Waals surface area contributed by atoms with Crippen molar-refractivity contribution in [2.45, 2.75) is 19.5 Å². The van der Waals surface area contributed by atoms with E-state index in [9.17, 15) is 9.59 Å². The van der Waals surface area contributed by atoms with E-state index >= 15 is 0 Å². The van der Waals surface area contributed by atoms with E-state index in [4.69, 9.17) is 0 Å². The van der Waals surface area contributed by atoms with Crippen LogP contribution in [0, 0.1) is 0 Å². The van der Waals surface area contributed by atoms with Crippen LogP contribution in [-0.4, -0.2) is 55.4 Å². The SMILES string of the molecule is CN(Cc1cccnc1)C(=O)c1n[nH]c2c1CN(C(=O)c1cc3ccccc3[nH]1)CC2. The van der Waals surface area contributed by atoms with Gasteiger partial charge in [-0.25, -0.2) is 0 Å². The van der Waals surface area contributed by atoms with Crippen molar-refractivity contribution < 1.29 is 9.59 Å². The fourth-order valence-corrected chi connectivity index (χ4v) is 4.02. The second kappa shape index (κ2) is 7.71. The van der Waals surface area contributed by atoms with Gasteiger partial charge in [-0.2, -0.15) is 5.10 Å². The van der Waals surface area contributed by atoms with E-state index in [1.54, 1.807) is 29.2 Å². The molecule has 1 aromatic carbocycles. The molecule has 0 aliphatic carbocycles. The molecule has 4 aromatic rings. The fraction of sp³-hybridized carbons (Fsp3) is 0.217. The Morgan fingerprint density at radius 1 is 1.19 bits per heavy atom. The van der Waals surface area contributed by atoms with E-state index in [0.29, 0.717) is 37.4 Å². The lowest BCUT2D eigenvalue weighted by molar-refractivity contribution is 0.0717. The highest BCUT2D eigenvalue weighted by Crippen LogP contribution is 2.24. The third-order valence-electron chi connectivity index (χ3n) is 5.67. The minimum atomic E-state index is -0.179. The second-order valence-corrected chi connectivity index (χ2v) is 7.80. The van der Waals surface area contributed by atoms with E-state index in [1.807, 2.05) is 42.5 Å². The third-order valence-corrected chi connectivity index (χ3v) is 5.67. The van der Waals surface area contributed by atoms with Gasteiger partial charge in [0.25, 0.3) is 11.8 Å². The van der Waals surface area contributed by atoms with Gasteiger partial charge in [-0.15, -0.1) is 0 Å². The molecule has 0 atom stereocenters. The summed E-state index contributed by atoms with van der Waals surface area (Å²) in [5.41, 5.74) is 4.50. The molecule has 156 valence electrons. The first-order valence-electron chi connectivity index (χ1n) is 10.2. The number of hydrogen-bond acceptors (Lipinski definition) is 4. The number of nitrogens with zero attached hydrogens (tertiary/aromatic N) is 4. The van der Waals surface area contributed by atoms with Crippen LogP contribution in [0.2, 0.25) is 0 Å². The maximum absolute atomic E-state index is 13.1. The molecule has 4 heterocycles. The van der Waals surface area contributed by atoms with E-state index in [1.165, 1.54) is 0 Å². The lowest BCUT2D eigenvalue weighted by atomic mass is 10.0. The number of nitrogens with one attached hydrogen (secondary N) is 2. The number of carbonyl (C=O) groups excluding carboxylic acids is 2. The zero-order valence-corrected chi connectivity index (χ0v) is 17.1. The summed E-state index contributed by atoms with van der Waals surface area (Å²) in [7, 11) is 1.74. The third kappa shape index (κ3) is 3.56. The van der Waals surface area contributed by atoms with Crippen LogP contribution in [0.1, 0.15) is 37.8 Å². The largest absolute Gasteiger partial charge is 0.351 e. The minimum Gasteiger partial charge on any atom is -0.351 e. The average Bonchev–Trinajstić information content (AvgIpc) is 3.42. The number of aromatic amines is 2. The second-order valence-electron chi connectivity index (χ2n) is 7.80. The van der Waals surface area contributed by atoms with Gasteiger partial charge in [0, 0.05) is 61.1 Å². The number of amides is 2. The number of aromatic nitrogens is 4. The number of H-pyrrole nitrogens is 2. The first-order chi connectivity index (χ1) is 15.1. The van der Waals surface area contributed by atoms with Gasteiger partial charge in [0.2, 0.25) is 0 Å². The summed E-state index contributed by atoms with van der Waals surface area (Å²) in [4.78, 5) is 36.9. The van der Waals surface area contributed by atoms with Crippen LogP contribution in [0.25, 0.3) is 10.9 Å². The Morgan fingerprint density at radius 2 is 2.06 bits per heavy atom. The summed E-state index contributed by atoms with van der Waals surface area (Å²) < 4.78 is 0. The molecule has 0 saturated heterocycles. The van der Waals surface area contributed by atoms with Crippen LogP contribution >= 0.6 is 0 Å². The Balaban J connectivity index is 1.35. The van der Waals surface area contributed by atoms with Crippen molar-refractivity contribution in [1.29, 1.82) is 0 Å². The highest BCUT2D eigenvalue weighted by atomic mass is 16.2. The fourth-order valence-electron chi connectivity index (χ4n) is 4.02. The maximum Gasteiger partial charge on any atom is 0.274 e. The van der Waals surface area contributed by atoms with Crippen molar-refractivity contribution in [3.8, 4) is 0 Å². The Kier molecular flexibility index (Phi) is 4.74. The number of carbonyl (C=O) groups is 2. The van der Waals surface area contributed by atoms with Crippen molar-refractivity contribution in [2.75, 3.05) is 13.6 Å². The highest BCUT2D eigenvalue weighted by Gasteiger charge is 2.30. The van der Waals surface area contributed by atoms with Gasteiger partial charge < -0.3 is 14.8 Å². The monoisotopic (exact) mass is 414 g/mol. The van der Waals surface area contributed by atoms with Crippen LogP contribution in [0.5, 0.6) is 0 Å². The molecule has 3 aromatic heterocycles. The van der Waals surface area contributed by atoms with E-state index < -0.39 is 0 Å². The first kappa shape index (κ1) is 19.0. The Hall–Kier alpha value is -3.94. The molecule has 0 unspecified atom stereocenters. The average molecular weight is 414 g/mol. The standard InChI is InChI=1S/C23H22N6O2/c1-28(13-15-5-4-9-24-12-15)23(31)21-17-14-29(10-8-19(17)26-27-21)22(30)20-11-16-6-2-3-7-18(16)25-20/h2-7,9,11-12,25H,8,10,13-14H2,1H3,(H,26,27). The Morgan fingerprint density at radius 3 is 2.87 bits per heavy atom. The number of benzene rings is 1. The van der Waals surface area contributed by atoms with E-state index in [0.717, 1.165) is 27.7 Å². The molecule has 0 saturated carbocycles. The molecule has 0 radical (unpaired) electrons. The van der Waals surface area contributed by atoms with Crippen LogP contribution in [0.4, 0.5) is 0 Å². The molecule has 1 aliphatic heterocycles. The molecule has 31 heavy (non-hydrogen) atoms. The summed E-state index contributed by atoms with van der Waals surface area (Å²) in [6.45, 7) is 1.36. The number of para-hydroxylation sites is 1. The number of fused-ring (bicyclic) bond motifs is 2. The normalized spacial score (nSPS) is 13.3. The van der Waals surface area contributed by atoms with E-state index in [2.05, 4.69) is 20.2 Å². The molecule has 0 spiro atoms. The van der Waals surface area contributed by atoms with Gasteiger partial charge >= 0.3 is 0 Å². The molecule has 5 rings (SSSR count). The predicted molar refractivity (Wildman–Crippen MR) is 115 cm³/mol. The summed E-state index contributed by atoms with van der Waals surface area (Å²) >= 11 is 0. The van der Waals surface area contributed by atoms with Crippen molar-refractivity contribution in [3.63, 3.8) is 0 Å². The molecular weight excluding hydrogens is 392 g/mol. The molecule has 1 aliphatic rings. The quantitative estimate of drug-likeness (QED) is 0.537. The van der Waals surface area contributed by atoms with Crippen LogP contribution < -0.4 is 0 Å². The Labute approximate surface area is 178 Å². The van der Waals surface area contributed by atoms with Gasteiger partial charge in [-0.1, -0.05) is 24.3 Å². The molecule has 0 fully saturated rings. The van der Waals surface area contributed by atoms with Crippen molar-refractivity contribution in [3.05, 3.63) is 83.1 Å². The van der Waals surface area contributed by atoms with Crippen molar-refractivity contribution in [1.82, 2.24) is 30.0 Å². The molecule has 2 N–H and O–H groups in total. The Bertz CT molecular complexity index is 1230. The number of rotatable bonds is 4. The van der Waals surface area contributed by atoms with Crippen molar-refractivity contribution >= 4 is 22.7 Å². The van der Waals surface area contributed by atoms with Gasteiger partial charge in [0.15, 0.2) is 5.69 Å². The zero-order valence-electron chi connectivity index (χ0n) is 17.1. The number of hydrogen-bond donors (Lipinski definition) is 2. The van der Waals surface area contributed by atoms with Crippen LogP contribution in [-0.2, 0) is 19.5 Å². The molecule has 2 amide bonds. The van der Waals surface area contributed by atoms with Gasteiger partial charge in [0.1, 0.15) is 5.69 Å². The maximum atomic E-state index is 13.1. The van der Waals surface area contributed by atoms with E-state index in [-0.39, 0.29) is 11.8 Å². The first-order valence-corrected chi connectivity index (χ1v) is 10.2. The molecular formula is C23H22N6O2. The zero-order chi connectivity index (χ0) is 21.4. The molecule has 8 nitrogen and oxygen atoms in total. The summed E-state index contributed by atoms with van der Waals surface area (Å²) in [5, 5.41) is 8.27. The number of pyridine rings is 1. The van der Waals surface area contributed by atoms with Crippen LogP contribution in [0.3, 0.4) is 0 Å². The minimum absolute atomic E-state index is 0.0786. The summed E-state index contributed by atoms with van der Waals surface area (Å²) in [6.07, 6.45) is 4.08. The van der Waals surface area contributed by atoms with Crippen molar-refractivity contribution in [2.24, 2.45) is 0 Å². The summed E-state index contributed by atoms with van der Waals surface area (Å²) in [5.74, 6) is -0.258. The highest BCUT2D eigenvalue weighted by molar-refractivity contribution is 5.98. The molecule has 8 heteroatoms. The lowest BCUT2D eigenvalue weighted by Crippen LogP contribution is -2.37. The summed E-state index contributed by atoms with van der Waals surface area (Å²) in [6, 6.07) is 13.5. The predicted octanol–water partition coefficient (Wildman–Crippen LogP) is 2.76. The topological polar surface area (TPSA) is 98.0 Å². The van der Waals surface area contributed by atoms with Gasteiger partial charge in [0.05, 0.1) is 6.54 Å². The lowest BCUT2D eigenvalue weighted by Gasteiger charge is -2.27. The van der Waals surface area contributed by atoms with Crippen LogP contribution in [0.15, 0.2) is 54.9 Å².